The molecule has 0 aliphatic heterocycles. The molecule has 1 heteroatoms. The summed E-state index contributed by atoms with van der Waals surface area (Å²) in [5.74, 6) is 3.30. The second-order valence-corrected chi connectivity index (χ2v) is 7.22. The minimum absolute atomic E-state index is 0.351. The van der Waals surface area contributed by atoms with E-state index in [0.29, 0.717) is 11.3 Å². The average Bonchev–Trinajstić information content (AvgIpc) is 2.57. The van der Waals surface area contributed by atoms with Crippen LogP contribution in [0, 0.1) is 29.1 Å². The molecule has 0 heterocycles. The second-order valence-electron chi connectivity index (χ2n) is 7.22. The highest BCUT2D eigenvalue weighted by Gasteiger charge is 2.59. The van der Waals surface area contributed by atoms with Gasteiger partial charge >= 0.3 is 0 Å². The number of hydrogen-bond acceptors (Lipinski definition) is 1. The van der Waals surface area contributed by atoms with Gasteiger partial charge in [0.2, 0.25) is 0 Å². The van der Waals surface area contributed by atoms with Crippen molar-refractivity contribution in [1.29, 1.82) is 0 Å². The summed E-state index contributed by atoms with van der Waals surface area (Å²) < 4.78 is 0. The lowest BCUT2D eigenvalue weighted by Gasteiger charge is -2.45. The molecule has 0 radical (unpaired) electrons. The van der Waals surface area contributed by atoms with Crippen molar-refractivity contribution in [2.24, 2.45) is 29.1 Å². The highest BCUT2D eigenvalue weighted by Crippen LogP contribution is 2.64. The quantitative estimate of drug-likeness (QED) is 0.648. The van der Waals surface area contributed by atoms with E-state index in [1.807, 2.05) is 0 Å². The molecule has 1 N–H and O–H groups in total. The number of rotatable bonds is 0. The molecule has 0 spiro atoms. The molecule has 3 rings (SSSR count). The zero-order valence-corrected chi connectivity index (χ0v) is 10.3. The van der Waals surface area contributed by atoms with Gasteiger partial charge in [0.1, 0.15) is 0 Å². The van der Waals surface area contributed by atoms with Crippen LogP contribution in [0.15, 0.2) is 0 Å². The summed E-state index contributed by atoms with van der Waals surface area (Å²) >= 11 is 0. The summed E-state index contributed by atoms with van der Waals surface area (Å²) in [5.41, 5.74) is 0.195. The Bertz CT molecular complexity index is 269. The number of hydrogen-bond donors (Lipinski definition) is 1. The Balaban J connectivity index is 1.96. The van der Waals surface area contributed by atoms with Gasteiger partial charge in [0.25, 0.3) is 0 Å². The van der Waals surface area contributed by atoms with Crippen LogP contribution >= 0.6 is 0 Å². The van der Waals surface area contributed by atoms with E-state index in [4.69, 9.17) is 0 Å². The molecule has 3 aliphatic rings. The predicted octanol–water partition coefficient (Wildman–Crippen LogP) is 3.22. The van der Waals surface area contributed by atoms with E-state index in [-0.39, 0.29) is 5.60 Å². The van der Waals surface area contributed by atoms with Crippen LogP contribution in [-0.4, -0.2) is 10.7 Å². The predicted molar refractivity (Wildman–Crippen MR) is 61.4 cm³/mol. The van der Waals surface area contributed by atoms with Crippen LogP contribution in [0.3, 0.4) is 0 Å². The van der Waals surface area contributed by atoms with Crippen molar-refractivity contribution in [2.75, 3.05) is 0 Å². The Morgan fingerprint density at radius 2 is 1.73 bits per heavy atom. The normalized spacial score (nSPS) is 56.8. The lowest BCUT2D eigenvalue weighted by atomic mass is 9.62. The van der Waals surface area contributed by atoms with Crippen LogP contribution in [0.2, 0.25) is 0 Å². The van der Waals surface area contributed by atoms with Crippen molar-refractivity contribution >= 4 is 0 Å². The Morgan fingerprint density at radius 3 is 2.47 bits per heavy atom. The van der Waals surface area contributed by atoms with Gasteiger partial charge in [0.05, 0.1) is 5.60 Å². The Kier molecular flexibility index (Phi) is 1.89. The molecule has 0 saturated heterocycles. The lowest BCUT2D eigenvalue weighted by Crippen LogP contribution is -2.45. The maximum absolute atomic E-state index is 10.5. The first-order valence-electron chi connectivity index (χ1n) is 6.64. The van der Waals surface area contributed by atoms with Gasteiger partial charge in [0.15, 0.2) is 0 Å². The molecule has 3 fully saturated rings. The fraction of sp³-hybridized carbons (Fsp3) is 1.00. The van der Waals surface area contributed by atoms with Crippen LogP contribution in [0.1, 0.15) is 52.9 Å². The van der Waals surface area contributed by atoms with Gasteiger partial charge in [-0.15, -0.1) is 0 Å². The Labute approximate surface area is 93.3 Å². The van der Waals surface area contributed by atoms with Crippen molar-refractivity contribution in [1.82, 2.24) is 0 Å². The summed E-state index contributed by atoms with van der Waals surface area (Å²) in [6, 6.07) is 0. The van der Waals surface area contributed by atoms with Crippen LogP contribution in [0.5, 0.6) is 0 Å². The first-order chi connectivity index (χ1) is 6.92. The molecular weight excluding hydrogens is 184 g/mol. The van der Waals surface area contributed by atoms with Crippen molar-refractivity contribution in [3.05, 3.63) is 0 Å². The molecule has 0 bridgehead atoms. The largest absolute Gasteiger partial charge is 0.390 e. The monoisotopic (exact) mass is 208 g/mol. The molecule has 0 amide bonds. The zero-order valence-electron chi connectivity index (χ0n) is 10.3. The summed E-state index contributed by atoms with van der Waals surface area (Å²) in [7, 11) is 0. The molecule has 0 aromatic rings. The topological polar surface area (TPSA) is 20.2 Å². The third-order valence-corrected chi connectivity index (χ3v) is 5.87. The molecule has 3 saturated carbocycles. The molecule has 3 aliphatic carbocycles. The third-order valence-electron chi connectivity index (χ3n) is 5.87. The van der Waals surface area contributed by atoms with E-state index < -0.39 is 0 Å². The van der Waals surface area contributed by atoms with Crippen molar-refractivity contribution in [2.45, 2.75) is 58.5 Å². The number of aliphatic hydroxyl groups is 1. The molecule has 0 aromatic carbocycles. The summed E-state index contributed by atoms with van der Waals surface area (Å²) in [4.78, 5) is 0. The SMILES string of the molecule is CC1(C)C[C@@H]2CC[C@@H]3[C@@H]2[C@H]1CC[C@@]3(C)O. The minimum atomic E-state index is -0.351. The molecule has 15 heavy (non-hydrogen) atoms. The summed E-state index contributed by atoms with van der Waals surface area (Å²) in [6.07, 6.45) is 6.38. The fourth-order valence-corrected chi connectivity index (χ4v) is 5.24. The Hall–Kier alpha value is -0.0400. The molecule has 1 nitrogen and oxygen atoms in total. The van der Waals surface area contributed by atoms with E-state index in [1.54, 1.807) is 0 Å². The average molecular weight is 208 g/mol. The standard InChI is InChI=1S/C14H24O/c1-13(2)8-9-4-5-11-12(9)10(13)6-7-14(11,3)15/h9-12,15H,4-8H2,1-3H3/t9-,10+,11+,12-,14+/m0/s1. The zero-order chi connectivity index (χ0) is 10.8. The van der Waals surface area contributed by atoms with Gasteiger partial charge < -0.3 is 5.11 Å². The molecule has 0 unspecified atom stereocenters. The highest BCUT2D eigenvalue weighted by molar-refractivity contribution is 5.09. The van der Waals surface area contributed by atoms with Crippen molar-refractivity contribution < 1.29 is 5.11 Å². The fourth-order valence-electron chi connectivity index (χ4n) is 5.24. The van der Waals surface area contributed by atoms with E-state index in [1.165, 1.54) is 25.7 Å². The van der Waals surface area contributed by atoms with Crippen LogP contribution < -0.4 is 0 Å². The maximum Gasteiger partial charge on any atom is 0.0650 e. The molecule has 86 valence electrons. The highest BCUT2D eigenvalue weighted by atomic mass is 16.3. The molecule has 5 atom stereocenters. The summed E-state index contributed by atoms with van der Waals surface area (Å²) in [6.45, 7) is 6.99. The van der Waals surface area contributed by atoms with Gasteiger partial charge in [-0.1, -0.05) is 13.8 Å². The van der Waals surface area contributed by atoms with Crippen molar-refractivity contribution in [3.8, 4) is 0 Å². The lowest BCUT2D eigenvalue weighted by molar-refractivity contribution is -0.0770. The third kappa shape index (κ3) is 1.25. The molecular formula is C14H24O. The molecule has 0 aromatic heterocycles. The smallest absolute Gasteiger partial charge is 0.0650 e. The van der Waals surface area contributed by atoms with Crippen LogP contribution in [0.25, 0.3) is 0 Å². The van der Waals surface area contributed by atoms with Crippen LogP contribution in [0.4, 0.5) is 0 Å². The maximum atomic E-state index is 10.5. The minimum Gasteiger partial charge on any atom is -0.390 e. The van der Waals surface area contributed by atoms with E-state index in [9.17, 15) is 5.11 Å². The van der Waals surface area contributed by atoms with Gasteiger partial charge in [-0.3, -0.25) is 0 Å². The van der Waals surface area contributed by atoms with E-state index in [0.717, 1.165) is 24.2 Å². The van der Waals surface area contributed by atoms with E-state index >= 15 is 0 Å². The first-order valence-corrected chi connectivity index (χ1v) is 6.64. The second kappa shape index (κ2) is 2.80. The van der Waals surface area contributed by atoms with Crippen molar-refractivity contribution in [3.63, 3.8) is 0 Å². The Morgan fingerprint density at radius 1 is 1.00 bits per heavy atom. The van der Waals surface area contributed by atoms with E-state index in [2.05, 4.69) is 20.8 Å². The van der Waals surface area contributed by atoms with Gasteiger partial charge in [-0.2, -0.15) is 0 Å². The van der Waals surface area contributed by atoms with Crippen LogP contribution in [-0.2, 0) is 0 Å². The van der Waals surface area contributed by atoms with Gasteiger partial charge in [-0.25, -0.2) is 0 Å². The first kappa shape index (κ1) is 10.1. The summed E-state index contributed by atoms with van der Waals surface area (Å²) in [5, 5.41) is 10.5. The van der Waals surface area contributed by atoms with Gasteiger partial charge in [-0.05, 0) is 68.1 Å². The van der Waals surface area contributed by atoms with Gasteiger partial charge in [0, 0.05) is 0 Å².